The van der Waals surface area contributed by atoms with E-state index in [1.807, 2.05) is 36.4 Å². The average molecular weight is 404 g/mol. The molecule has 0 aliphatic carbocycles. The number of nitrogens with zero attached hydrogens (tertiary/aromatic N) is 1. The zero-order chi connectivity index (χ0) is 21.3. The third-order valence-corrected chi connectivity index (χ3v) is 4.70. The molecule has 3 rings (SSSR count). The Balaban J connectivity index is 1.71. The van der Waals surface area contributed by atoms with Crippen molar-refractivity contribution in [2.24, 2.45) is 5.10 Å². The first-order valence-electron chi connectivity index (χ1n) is 9.52. The van der Waals surface area contributed by atoms with E-state index in [1.54, 1.807) is 12.1 Å². The van der Waals surface area contributed by atoms with Gasteiger partial charge in [-0.05, 0) is 30.0 Å². The summed E-state index contributed by atoms with van der Waals surface area (Å²) < 4.78 is 10.4. The van der Waals surface area contributed by atoms with Crippen LogP contribution in [0.2, 0.25) is 0 Å². The number of carbonyl (C=O) groups excluding carboxylic acids is 1. The van der Waals surface area contributed by atoms with Gasteiger partial charge in [-0.2, -0.15) is 5.10 Å². The normalized spacial score (nSPS) is 10.7. The van der Waals surface area contributed by atoms with Gasteiger partial charge in [-0.15, -0.1) is 0 Å². The van der Waals surface area contributed by atoms with Crippen LogP contribution in [0.15, 0.2) is 71.8 Å². The molecule has 3 aromatic carbocycles. The highest BCUT2D eigenvalue weighted by Gasteiger charge is 2.12. The molecule has 0 unspecified atom stereocenters. The molecule has 0 fully saturated rings. The van der Waals surface area contributed by atoms with Crippen molar-refractivity contribution < 1.29 is 19.4 Å². The number of phenolic OH excluding ortho intramolecular Hbond substituents is 1. The monoisotopic (exact) mass is 404 g/mol. The molecule has 0 heterocycles. The van der Waals surface area contributed by atoms with E-state index in [1.165, 1.54) is 32.1 Å². The number of hydrogen-bond donors (Lipinski definition) is 2. The van der Waals surface area contributed by atoms with Crippen molar-refractivity contribution in [1.29, 1.82) is 0 Å². The summed E-state index contributed by atoms with van der Waals surface area (Å²) in [5, 5.41) is 14.2. The molecule has 0 atom stereocenters. The topological polar surface area (TPSA) is 80.2 Å². The predicted octanol–water partition coefficient (Wildman–Crippen LogP) is 3.96. The first-order chi connectivity index (χ1) is 14.6. The highest BCUT2D eigenvalue weighted by Crippen LogP contribution is 2.31. The van der Waals surface area contributed by atoms with Crippen LogP contribution in [-0.2, 0) is 12.8 Å². The number of carbonyl (C=O) groups is 1. The second kappa shape index (κ2) is 10.1. The van der Waals surface area contributed by atoms with E-state index in [0.29, 0.717) is 22.6 Å². The molecule has 0 bridgehead atoms. The van der Waals surface area contributed by atoms with Gasteiger partial charge >= 0.3 is 0 Å². The lowest BCUT2D eigenvalue weighted by molar-refractivity contribution is 0.0954. The fraction of sp³-hybridized carbons (Fsp3) is 0.167. The van der Waals surface area contributed by atoms with Crippen LogP contribution in [0.4, 0.5) is 0 Å². The third-order valence-electron chi connectivity index (χ3n) is 4.70. The van der Waals surface area contributed by atoms with Crippen LogP contribution in [0.5, 0.6) is 17.2 Å². The maximum absolute atomic E-state index is 12.7. The molecule has 0 spiro atoms. The third kappa shape index (κ3) is 5.17. The number of nitrogens with one attached hydrogen (secondary N) is 1. The molecular formula is C24H24N2O4. The minimum atomic E-state index is -0.318. The van der Waals surface area contributed by atoms with Gasteiger partial charge in [0, 0.05) is 17.7 Å². The summed E-state index contributed by atoms with van der Waals surface area (Å²) >= 11 is 0. The quantitative estimate of drug-likeness (QED) is 0.440. The first-order valence-corrected chi connectivity index (χ1v) is 9.52. The minimum Gasteiger partial charge on any atom is -0.507 e. The Morgan fingerprint density at radius 1 is 1.00 bits per heavy atom. The minimum absolute atomic E-state index is 0.0625. The zero-order valence-electron chi connectivity index (χ0n) is 17.0. The van der Waals surface area contributed by atoms with E-state index in [0.717, 1.165) is 18.4 Å². The van der Waals surface area contributed by atoms with Crippen LogP contribution in [0.25, 0.3) is 0 Å². The number of ether oxygens (including phenoxy) is 2. The van der Waals surface area contributed by atoms with E-state index < -0.39 is 0 Å². The second-order valence-corrected chi connectivity index (χ2v) is 6.60. The highest BCUT2D eigenvalue weighted by molar-refractivity contribution is 5.96. The van der Waals surface area contributed by atoms with Crippen LogP contribution in [0, 0.1) is 0 Å². The van der Waals surface area contributed by atoms with Gasteiger partial charge in [-0.1, -0.05) is 48.5 Å². The molecule has 0 saturated carbocycles. The number of hydrazone groups is 1. The number of amides is 1. The molecule has 6 heteroatoms. The molecule has 2 N–H and O–H groups in total. The Labute approximate surface area is 175 Å². The SMILES string of the molecule is COc1cc(O)c(/C=N/NC(=O)c2ccccc2CCc2ccccc2)c(OC)c1. The fourth-order valence-electron chi connectivity index (χ4n) is 3.10. The molecule has 0 aliphatic heterocycles. The molecule has 0 saturated heterocycles. The average Bonchev–Trinajstić information content (AvgIpc) is 2.79. The maximum Gasteiger partial charge on any atom is 0.271 e. The predicted molar refractivity (Wildman–Crippen MR) is 117 cm³/mol. The lowest BCUT2D eigenvalue weighted by Gasteiger charge is -2.10. The van der Waals surface area contributed by atoms with Crippen molar-refractivity contribution in [1.82, 2.24) is 5.43 Å². The molecule has 0 aromatic heterocycles. The van der Waals surface area contributed by atoms with E-state index >= 15 is 0 Å². The van der Waals surface area contributed by atoms with E-state index in [-0.39, 0.29) is 11.7 Å². The van der Waals surface area contributed by atoms with Crippen LogP contribution >= 0.6 is 0 Å². The molecule has 154 valence electrons. The van der Waals surface area contributed by atoms with Crippen LogP contribution in [0.1, 0.15) is 27.0 Å². The number of aryl methyl sites for hydroxylation is 2. The summed E-state index contributed by atoms with van der Waals surface area (Å²) in [6, 6.07) is 20.7. The molecule has 0 aliphatic rings. The maximum atomic E-state index is 12.7. The van der Waals surface area contributed by atoms with E-state index in [4.69, 9.17) is 9.47 Å². The Bertz CT molecular complexity index is 1030. The second-order valence-electron chi connectivity index (χ2n) is 6.60. The van der Waals surface area contributed by atoms with Crippen molar-refractivity contribution in [3.63, 3.8) is 0 Å². The van der Waals surface area contributed by atoms with Gasteiger partial charge in [0.25, 0.3) is 5.91 Å². The van der Waals surface area contributed by atoms with Crippen molar-refractivity contribution in [2.45, 2.75) is 12.8 Å². The summed E-state index contributed by atoms with van der Waals surface area (Å²) in [4.78, 5) is 12.7. The molecule has 3 aromatic rings. The standard InChI is InChI=1S/C24H24N2O4/c1-29-19-14-22(27)21(23(15-19)30-2)16-25-26-24(28)20-11-7-6-10-18(20)13-12-17-8-4-3-5-9-17/h3-11,14-16,27H,12-13H2,1-2H3,(H,26,28)/b25-16+. The van der Waals surface area contributed by atoms with Crippen molar-refractivity contribution >= 4 is 12.1 Å². The summed E-state index contributed by atoms with van der Waals surface area (Å²) in [6.07, 6.45) is 2.92. The summed E-state index contributed by atoms with van der Waals surface area (Å²) in [5.74, 6) is 0.459. The fourth-order valence-corrected chi connectivity index (χ4v) is 3.10. The highest BCUT2D eigenvalue weighted by atomic mass is 16.5. The van der Waals surface area contributed by atoms with Crippen LogP contribution < -0.4 is 14.9 Å². The lowest BCUT2D eigenvalue weighted by Crippen LogP contribution is -2.19. The Kier molecular flexibility index (Phi) is 7.05. The summed E-state index contributed by atoms with van der Waals surface area (Å²) in [7, 11) is 2.98. The van der Waals surface area contributed by atoms with Gasteiger partial charge in [0.15, 0.2) is 0 Å². The van der Waals surface area contributed by atoms with Gasteiger partial charge < -0.3 is 14.6 Å². The number of benzene rings is 3. The van der Waals surface area contributed by atoms with Crippen molar-refractivity contribution in [3.05, 3.63) is 89.0 Å². The number of aromatic hydroxyl groups is 1. The first kappa shape index (κ1) is 20.9. The van der Waals surface area contributed by atoms with Gasteiger partial charge in [0.2, 0.25) is 0 Å². The Morgan fingerprint density at radius 2 is 1.73 bits per heavy atom. The van der Waals surface area contributed by atoms with Gasteiger partial charge in [-0.3, -0.25) is 4.79 Å². The number of rotatable bonds is 8. The molecule has 0 radical (unpaired) electrons. The van der Waals surface area contributed by atoms with E-state index in [9.17, 15) is 9.90 Å². The van der Waals surface area contributed by atoms with Gasteiger partial charge in [0.05, 0.1) is 26.0 Å². The van der Waals surface area contributed by atoms with Gasteiger partial charge in [0.1, 0.15) is 17.2 Å². The smallest absolute Gasteiger partial charge is 0.271 e. The van der Waals surface area contributed by atoms with Crippen LogP contribution in [0.3, 0.4) is 0 Å². The number of methoxy groups -OCH3 is 2. The molecule has 6 nitrogen and oxygen atoms in total. The summed E-state index contributed by atoms with van der Waals surface area (Å²) in [5.41, 5.74) is 5.59. The van der Waals surface area contributed by atoms with E-state index in [2.05, 4.69) is 22.7 Å². The summed E-state index contributed by atoms with van der Waals surface area (Å²) in [6.45, 7) is 0. The molecule has 30 heavy (non-hydrogen) atoms. The Morgan fingerprint density at radius 3 is 2.47 bits per heavy atom. The van der Waals surface area contributed by atoms with Crippen molar-refractivity contribution in [3.8, 4) is 17.2 Å². The molecule has 1 amide bonds. The molecular weight excluding hydrogens is 380 g/mol. The van der Waals surface area contributed by atoms with Crippen molar-refractivity contribution in [2.75, 3.05) is 14.2 Å². The number of phenols is 1. The lowest BCUT2D eigenvalue weighted by atomic mass is 9.99. The Hall–Kier alpha value is -3.80. The largest absolute Gasteiger partial charge is 0.507 e. The van der Waals surface area contributed by atoms with Gasteiger partial charge in [-0.25, -0.2) is 5.43 Å². The zero-order valence-corrected chi connectivity index (χ0v) is 17.0. The van der Waals surface area contributed by atoms with Crippen LogP contribution in [-0.4, -0.2) is 31.4 Å². The number of hydrogen-bond acceptors (Lipinski definition) is 5.